The molecule has 0 bridgehead atoms. The molecule has 0 atom stereocenters. The van der Waals surface area contributed by atoms with Gasteiger partial charge in [0.25, 0.3) is 0 Å². The molecular weight excluding hydrogens is 228 g/mol. The van der Waals surface area contributed by atoms with Crippen LogP contribution in [0.4, 0.5) is 5.69 Å². The fourth-order valence-electron chi connectivity index (χ4n) is 1.23. The molecule has 1 rings (SSSR count). The van der Waals surface area contributed by atoms with E-state index in [0.717, 1.165) is 0 Å². The average molecular weight is 243 g/mol. The number of amides is 1. The largest absolute Gasteiger partial charge is 0.492 e. The van der Waals surface area contributed by atoms with Crippen LogP contribution in [0, 0.1) is 0 Å². The van der Waals surface area contributed by atoms with Crippen molar-refractivity contribution in [3.8, 4) is 5.75 Å². The van der Waals surface area contributed by atoms with Gasteiger partial charge < -0.3 is 15.8 Å². The third kappa shape index (κ3) is 3.72. The summed E-state index contributed by atoms with van der Waals surface area (Å²) < 4.78 is 5.37. The molecule has 0 heterocycles. The van der Waals surface area contributed by atoms with Crippen LogP contribution >= 0.6 is 11.6 Å². The quantitative estimate of drug-likeness (QED) is 0.830. The van der Waals surface area contributed by atoms with Crippen LogP contribution in [-0.4, -0.2) is 19.1 Å². The molecule has 88 valence electrons. The Balaban J connectivity index is 2.82. The standard InChI is InChI=1S/C11H15ClN2O2/c1-2-16-10-4-3-8(12)7-9(10)14-11(15)5-6-13/h3-4,7H,2,5-6,13H2,1H3,(H,14,15). The number of nitrogens with two attached hydrogens (primary N) is 1. The van der Waals surface area contributed by atoms with E-state index in [9.17, 15) is 4.79 Å². The number of carbonyl (C=O) groups is 1. The smallest absolute Gasteiger partial charge is 0.225 e. The van der Waals surface area contributed by atoms with Crippen molar-refractivity contribution in [2.45, 2.75) is 13.3 Å². The number of rotatable bonds is 5. The first-order valence-corrected chi connectivity index (χ1v) is 5.47. The topological polar surface area (TPSA) is 64.3 Å². The van der Waals surface area contributed by atoms with E-state index in [1.54, 1.807) is 18.2 Å². The van der Waals surface area contributed by atoms with Crippen LogP contribution in [-0.2, 0) is 4.79 Å². The van der Waals surface area contributed by atoms with E-state index in [1.165, 1.54) is 0 Å². The molecule has 1 amide bonds. The van der Waals surface area contributed by atoms with Gasteiger partial charge in [0, 0.05) is 18.0 Å². The maximum absolute atomic E-state index is 11.4. The minimum absolute atomic E-state index is 0.147. The lowest BCUT2D eigenvalue weighted by Crippen LogP contribution is -2.16. The first kappa shape index (κ1) is 12.8. The van der Waals surface area contributed by atoms with Crippen molar-refractivity contribution in [3.05, 3.63) is 23.2 Å². The summed E-state index contributed by atoms with van der Waals surface area (Å²) in [5.41, 5.74) is 5.87. The van der Waals surface area contributed by atoms with Gasteiger partial charge in [0.05, 0.1) is 12.3 Å². The highest BCUT2D eigenvalue weighted by molar-refractivity contribution is 6.31. The summed E-state index contributed by atoms with van der Waals surface area (Å²) in [6, 6.07) is 5.09. The zero-order valence-electron chi connectivity index (χ0n) is 9.13. The highest BCUT2D eigenvalue weighted by atomic mass is 35.5. The van der Waals surface area contributed by atoms with Crippen LogP contribution in [0.3, 0.4) is 0 Å². The third-order valence-electron chi connectivity index (χ3n) is 1.89. The molecule has 0 saturated carbocycles. The molecule has 0 aromatic heterocycles. The summed E-state index contributed by atoms with van der Waals surface area (Å²) in [4.78, 5) is 11.4. The third-order valence-corrected chi connectivity index (χ3v) is 2.12. The van der Waals surface area contributed by atoms with Gasteiger partial charge in [0.1, 0.15) is 5.75 Å². The van der Waals surface area contributed by atoms with E-state index in [1.807, 2.05) is 6.92 Å². The summed E-state index contributed by atoms with van der Waals surface area (Å²) in [5, 5.41) is 3.26. The number of halogens is 1. The summed E-state index contributed by atoms with van der Waals surface area (Å²) in [5.74, 6) is 0.461. The summed E-state index contributed by atoms with van der Waals surface area (Å²) in [6.45, 7) is 2.72. The Hall–Kier alpha value is -1.26. The van der Waals surface area contributed by atoms with Gasteiger partial charge in [-0.25, -0.2) is 0 Å². The molecule has 0 saturated heterocycles. The SMILES string of the molecule is CCOc1ccc(Cl)cc1NC(=O)CCN. The second-order valence-electron chi connectivity index (χ2n) is 3.16. The molecule has 0 spiro atoms. The second kappa shape index (κ2) is 6.35. The zero-order chi connectivity index (χ0) is 12.0. The fourth-order valence-corrected chi connectivity index (χ4v) is 1.40. The molecule has 0 aliphatic rings. The van der Waals surface area contributed by atoms with Crippen LogP contribution < -0.4 is 15.8 Å². The van der Waals surface area contributed by atoms with Crippen molar-refractivity contribution >= 4 is 23.2 Å². The highest BCUT2D eigenvalue weighted by Crippen LogP contribution is 2.28. The Morgan fingerprint density at radius 1 is 1.56 bits per heavy atom. The minimum atomic E-state index is -0.147. The number of hydrogen-bond acceptors (Lipinski definition) is 3. The Morgan fingerprint density at radius 2 is 2.31 bits per heavy atom. The molecule has 0 unspecified atom stereocenters. The lowest BCUT2D eigenvalue weighted by molar-refractivity contribution is -0.116. The number of nitrogens with one attached hydrogen (secondary N) is 1. The van der Waals surface area contributed by atoms with Crippen molar-refractivity contribution < 1.29 is 9.53 Å². The maximum atomic E-state index is 11.4. The maximum Gasteiger partial charge on any atom is 0.225 e. The van der Waals surface area contributed by atoms with Crippen LogP contribution in [0.2, 0.25) is 5.02 Å². The molecule has 0 radical (unpaired) electrons. The van der Waals surface area contributed by atoms with Crippen LogP contribution in [0.25, 0.3) is 0 Å². The molecule has 1 aromatic rings. The molecule has 5 heteroatoms. The van der Waals surface area contributed by atoms with Gasteiger partial charge in [-0.3, -0.25) is 4.79 Å². The van der Waals surface area contributed by atoms with Gasteiger partial charge >= 0.3 is 0 Å². The zero-order valence-corrected chi connectivity index (χ0v) is 9.88. The van der Waals surface area contributed by atoms with Gasteiger partial charge in [-0.2, -0.15) is 0 Å². The van der Waals surface area contributed by atoms with E-state index in [4.69, 9.17) is 22.1 Å². The first-order valence-electron chi connectivity index (χ1n) is 5.09. The molecule has 3 N–H and O–H groups in total. The lowest BCUT2D eigenvalue weighted by atomic mass is 10.2. The molecular formula is C11H15ClN2O2. The van der Waals surface area contributed by atoms with Crippen molar-refractivity contribution in [3.63, 3.8) is 0 Å². The predicted molar refractivity (Wildman–Crippen MR) is 64.9 cm³/mol. The molecule has 1 aromatic carbocycles. The van der Waals surface area contributed by atoms with E-state index >= 15 is 0 Å². The Kier molecular flexibility index (Phi) is 5.08. The van der Waals surface area contributed by atoms with Gasteiger partial charge in [0.15, 0.2) is 0 Å². The minimum Gasteiger partial charge on any atom is -0.492 e. The Morgan fingerprint density at radius 3 is 2.94 bits per heavy atom. The lowest BCUT2D eigenvalue weighted by Gasteiger charge is -2.11. The summed E-state index contributed by atoms with van der Waals surface area (Å²) in [7, 11) is 0. The van der Waals surface area contributed by atoms with Gasteiger partial charge in [-0.05, 0) is 25.1 Å². The van der Waals surface area contributed by atoms with Crippen molar-refractivity contribution in [1.82, 2.24) is 0 Å². The van der Waals surface area contributed by atoms with Crippen LogP contribution in [0.1, 0.15) is 13.3 Å². The normalized spacial score (nSPS) is 9.94. The Bertz CT molecular complexity index is 369. The van der Waals surface area contributed by atoms with Crippen molar-refractivity contribution in [2.75, 3.05) is 18.5 Å². The average Bonchev–Trinajstić information content (AvgIpc) is 2.22. The molecule has 16 heavy (non-hydrogen) atoms. The number of anilines is 1. The number of benzene rings is 1. The Labute approximate surface area is 99.7 Å². The van der Waals surface area contributed by atoms with Crippen molar-refractivity contribution in [1.29, 1.82) is 0 Å². The summed E-state index contributed by atoms with van der Waals surface area (Å²) in [6.07, 6.45) is 0.276. The van der Waals surface area contributed by atoms with Gasteiger partial charge in [-0.15, -0.1) is 0 Å². The van der Waals surface area contributed by atoms with E-state index in [2.05, 4.69) is 5.32 Å². The number of carbonyl (C=O) groups excluding carboxylic acids is 1. The number of hydrogen-bond donors (Lipinski definition) is 2. The van der Waals surface area contributed by atoms with Crippen LogP contribution in [0.5, 0.6) is 5.75 Å². The predicted octanol–water partition coefficient (Wildman–Crippen LogP) is 2.03. The summed E-state index contributed by atoms with van der Waals surface area (Å²) >= 11 is 5.85. The second-order valence-corrected chi connectivity index (χ2v) is 3.60. The van der Waals surface area contributed by atoms with Crippen molar-refractivity contribution in [2.24, 2.45) is 5.73 Å². The van der Waals surface area contributed by atoms with Gasteiger partial charge in [-0.1, -0.05) is 11.6 Å². The fraction of sp³-hybridized carbons (Fsp3) is 0.364. The van der Waals surface area contributed by atoms with E-state index < -0.39 is 0 Å². The molecule has 4 nitrogen and oxygen atoms in total. The van der Waals surface area contributed by atoms with E-state index in [-0.39, 0.29) is 12.3 Å². The molecule has 0 fully saturated rings. The monoisotopic (exact) mass is 242 g/mol. The van der Waals surface area contributed by atoms with E-state index in [0.29, 0.717) is 29.6 Å². The molecule has 0 aliphatic carbocycles. The first-order chi connectivity index (χ1) is 7.67. The van der Waals surface area contributed by atoms with Crippen LogP contribution in [0.15, 0.2) is 18.2 Å². The molecule has 0 aliphatic heterocycles. The number of ether oxygens (including phenoxy) is 1. The van der Waals surface area contributed by atoms with Gasteiger partial charge in [0.2, 0.25) is 5.91 Å². The highest BCUT2D eigenvalue weighted by Gasteiger charge is 2.07.